The molecule has 1 aromatic heterocycles. The van der Waals surface area contributed by atoms with Crippen LogP contribution in [0.1, 0.15) is 39.0 Å². The van der Waals surface area contributed by atoms with Gasteiger partial charge in [-0.15, -0.1) is 0 Å². The smallest absolute Gasteiger partial charge is 0.322 e. The second-order valence-electron chi connectivity index (χ2n) is 9.15. The van der Waals surface area contributed by atoms with Gasteiger partial charge in [0.25, 0.3) is 0 Å². The Labute approximate surface area is 200 Å². The van der Waals surface area contributed by atoms with Crippen molar-refractivity contribution >= 4 is 23.4 Å². The van der Waals surface area contributed by atoms with E-state index in [1.165, 1.54) is 4.90 Å². The van der Waals surface area contributed by atoms with Crippen molar-refractivity contribution in [2.24, 2.45) is 0 Å². The maximum Gasteiger partial charge on any atom is 0.322 e. The lowest BCUT2D eigenvalue weighted by Crippen LogP contribution is -2.37. The van der Waals surface area contributed by atoms with Crippen LogP contribution >= 0.6 is 0 Å². The lowest BCUT2D eigenvalue weighted by molar-refractivity contribution is -0.116. The molecule has 0 atom stereocenters. The molecule has 0 aliphatic rings. The van der Waals surface area contributed by atoms with Gasteiger partial charge in [0, 0.05) is 24.2 Å². The molecule has 3 amide bonds. The van der Waals surface area contributed by atoms with Gasteiger partial charge in [-0.3, -0.25) is 4.79 Å². The molecule has 0 saturated carbocycles. The fraction of sp³-hybridized carbons (Fsp3) is 0.346. The van der Waals surface area contributed by atoms with E-state index in [0.29, 0.717) is 18.1 Å². The van der Waals surface area contributed by atoms with Crippen molar-refractivity contribution in [3.63, 3.8) is 0 Å². The SMILES string of the molecule is CCOc1ccc(NC(=O)N(C)CC(=O)Nc2cc(C(C)(C)C)nn2-c2ccccc2C)cc1. The van der Waals surface area contributed by atoms with Gasteiger partial charge in [0.2, 0.25) is 5.91 Å². The number of aromatic nitrogens is 2. The van der Waals surface area contributed by atoms with E-state index >= 15 is 0 Å². The number of carbonyl (C=O) groups excluding carboxylic acids is 2. The number of hydrogen-bond acceptors (Lipinski definition) is 4. The fourth-order valence-corrected chi connectivity index (χ4v) is 3.31. The van der Waals surface area contributed by atoms with Gasteiger partial charge >= 0.3 is 6.03 Å². The molecule has 0 spiro atoms. The highest BCUT2D eigenvalue weighted by Crippen LogP contribution is 2.27. The van der Waals surface area contributed by atoms with E-state index in [1.807, 2.05) is 44.2 Å². The molecule has 8 nitrogen and oxygen atoms in total. The Morgan fingerprint density at radius 2 is 1.74 bits per heavy atom. The molecule has 1 heterocycles. The predicted molar refractivity (Wildman–Crippen MR) is 135 cm³/mol. The number of rotatable bonds is 7. The summed E-state index contributed by atoms with van der Waals surface area (Å²) in [5.41, 5.74) is 3.20. The summed E-state index contributed by atoms with van der Waals surface area (Å²) in [6, 6.07) is 16.4. The van der Waals surface area contributed by atoms with Crippen LogP contribution in [0, 0.1) is 6.92 Å². The van der Waals surface area contributed by atoms with E-state index in [4.69, 9.17) is 9.84 Å². The van der Waals surface area contributed by atoms with E-state index in [0.717, 1.165) is 22.7 Å². The van der Waals surface area contributed by atoms with Crippen molar-refractivity contribution in [3.8, 4) is 11.4 Å². The molecule has 3 aromatic rings. The fourth-order valence-electron chi connectivity index (χ4n) is 3.31. The normalized spacial score (nSPS) is 11.1. The van der Waals surface area contributed by atoms with Crippen molar-refractivity contribution in [1.29, 1.82) is 0 Å². The van der Waals surface area contributed by atoms with Gasteiger partial charge in [0.15, 0.2) is 0 Å². The number of anilines is 2. The Balaban J connectivity index is 1.70. The third-order valence-electron chi connectivity index (χ3n) is 5.23. The van der Waals surface area contributed by atoms with E-state index < -0.39 is 0 Å². The number of aryl methyl sites for hydroxylation is 1. The number of para-hydroxylation sites is 1. The molecule has 180 valence electrons. The zero-order valence-corrected chi connectivity index (χ0v) is 20.7. The summed E-state index contributed by atoms with van der Waals surface area (Å²) in [6.07, 6.45) is 0. The highest BCUT2D eigenvalue weighted by Gasteiger charge is 2.22. The molecule has 0 radical (unpaired) electrons. The number of carbonyl (C=O) groups is 2. The number of ether oxygens (including phenoxy) is 1. The van der Waals surface area contributed by atoms with Crippen LogP contribution in [0.2, 0.25) is 0 Å². The Morgan fingerprint density at radius 3 is 2.35 bits per heavy atom. The Morgan fingerprint density at radius 1 is 1.06 bits per heavy atom. The quantitative estimate of drug-likeness (QED) is 0.517. The summed E-state index contributed by atoms with van der Waals surface area (Å²) in [5, 5.41) is 10.5. The molecule has 8 heteroatoms. The third kappa shape index (κ3) is 6.15. The third-order valence-corrected chi connectivity index (χ3v) is 5.23. The maximum atomic E-state index is 12.8. The number of nitrogens with one attached hydrogen (secondary N) is 2. The summed E-state index contributed by atoms with van der Waals surface area (Å²) in [5.74, 6) is 0.970. The number of urea groups is 1. The van der Waals surface area contributed by atoms with Gasteiger partial charge in [-0.25, -0.2) is 9.48 Å². The molecule has 0 unspecified atom stereocenters. The molecule has 3 rings (SSSR count). The molecule has 0 saturated heterocycles. The molecular formula is C26H33N5O3. The number of benzene rings is 2. The Bertz CT molecular complexity index is 1150. The van der Waals surface area contributed by atoms with Crippen LogP contribution in [0.4, 0.5) is 16.3 Å². The second-order valence-corrected chi connectivity index (χ2v) is 9.15. The monoisotopic (exact) mass is 463 g/mol. The largest absolute Gasteiger partial charge is 0.494 e. The zero-order valence-electron chi connectivity index (χ0n) is 20.7. The number of amides is 3. The van der Waals surface area contributed by atoms with Gasteiger partial charge in [0.1, 0.15) is 18.1 Å². The number of hydrogen-bond donors (Lipinski definition) is 2. The van der Waals surface area contributed by atoms with Crippen molar-refractivity contribution in [3.05, 3.63) is 65.9 Å². The zero-order chi connectivity index (χ0) is 24.9. The van der Waals surface area contributed by atoms with Crippen LogP contribution < -0.4 is 15.4 Å². The van der Waals surface area contributed by atoms with Crippen molar-refractivity contribution < 1.29 is 14.3 Å². The topological polar surface area (TPSA) is 88.5 Å². The van der Waals surface area contributed by atoms with Crippen molar-refractivity contribution in [2.75, 3.05) is 30.8 Å². The summed E-state index contributed by atoms with van der Waals surface area (Å²) in [7, 11) is 1.57. The van der Waals surface area contributed by atoms with Crippen LogP contribution in [-0.2, 0) is 10.2 Å². The molecule has 0 fully saturated rings. The summed E-state index contributed by atoms with van der Waals surface area (Å²) < 4.78 is 7.15. The Kier molecular flexibility index (Phi) is 7.61. The minimum Gasteiger partial charge on any atom is -0.494 e. The predicted octanol–water partition coefficient (Wildman–Crippen LogP) is 4.98. The summed E-state index contributed by atoms with van der Waals surface area (Å²) >= 11 is 0. The molecule has 0 bridgehead atoms. The van der Waals surface area contributed by atoms with Crippen LogP contribution in [0.3, 0.4) is 0 Å². The number of likely N-dealkylation sites (N-methyl/N-ethyl adjacent to an activating group) is 1. The summed E-state index contributed by atoms with van der Waals surface area (Å²) in [4.78, 5) is 26.7. The first-order valence-electron chi connectivity index (χ1n) is 11.3. The van der Waals surface area contributed by atoms with Crippen LogP contribution in [0.15, 0.2) is 54.6 Å². The van der Waals surface area contributed by atoms with E-state index in [9.17, 15) is 9.59 Å². The molecule has 2 aromatic carbocycles. The van der Waals surface area contributed by atoms with Gasteiger partial charge in [0.05, 0.1) is 18.0 Å². The second kappa shape index (κ2) is 10.4. The van der Waals surface area contributed by atoms with Crippen LogP contribution in [0.5, 0.6) is 5.75 Å². The van der Waals surface area contributed by atoms with Gasteiger partial charge in [-0.2, -0.15) is 5.10 Å². The average Bonchev–Trinajstić information content (AvgIpc) is 3.19. The first kappa shape index (κ1) is 24.8. The lowest BCUT2D eigenvalue weighted by Gasteiger charge is -2.18. The Hall–Kier alpha value is -3.81. The van der Waals surface area contributed by atoms with Crippen LogP contribution in [-0.4, -0.2) is 46.8 Å². The van der Waals surface area contributed by atoms with Gasteiger partial charge < -0.3 is 20.3 Å². The minimum atomic E-state index is -0.387. The molecule has 0 aliphatic heterocycles. The lowest BCUT2D eigenvalue weighted by atomic mass is 9.92. The van der Waals surface area contributed by atoms with Crippen molar-refractivity contribution in [1.82, 2.24) is 14.7 Å². The maximum absolute atomic E-state index is 12.8. The molecule has 0 aliphatic carbocycles. The van der Waals surface area contributed by atoms with Gasteiger partial charge in [-0.1, -0.05) is 39.0 Å². The standard InChI is InChI=1S/C26H33N5O3/c1-7-34-20-14-12-19(13-15-20)27-25(33)30(6)17-24(32)28-23-16-22(26(3,4)5)29-31(23)21-11-9-8-10-18(21)2/h8-16H,7,17H2,1-6H3,(H,27,33)(H,28,32). The number of nitrogens with zero attached hydrogens (tertiary/aromatic N) is 3. The van der Waals surface area contributed by atoms with E-state index in [1.54, 1.807) is 36.0 Å². The molecular weight excluding hydrogens is 430 g/mol. The highest BCUT2D eigenvalue weighted by atomic mass is 16.5. The van der Waals surface area contributed by atoms with Crippen LogP contribution in [0.25, 0.3) is 5.69 Å². The average molecular weight is 464 g/mol. The van der Waals surface area contributed by atoms with Crippen molar-refractivity contribution in [2.45, 2.75) is 40.0 Å². The van der Waals surface area contributed by atoms with E-state index in [2.05, 4.69) is 31.4 Å². The summed E-state index contributed by atoms with van der Waals surface area (Å²) in [6.45, 7) is 10.6. The first-order chi connectivity index (χ1) is 16.1. The first-order valence-corrected chi connectivity index (χ1v) is 11.3. The minimum absolute atomic E-state index is 0.118. The van der Waals surface area contributed by atoms with Gasteiger partial charge in [-0.05, 0) is 49.7 Å². The highest BCUT2D eigenvalue weighted by molar-refractivity contribution is 5.96. The van der Waals surface area contributed by atoms with E-state index in [-0.39, 0.29) is 23.9 Å². The molecule has 34 heavy (non-hydrogen) atoms. The molecule has 2 N–H and O–H groups in total.